The number of allylic oxidation sites excluding steroid dienone is 1. The van der Waals surface area contributed by atoms with Crippen molar-refractivity contribution in [2.75, 3.05) is 44.8 Å². The molecule has 12 heteroatoms. The summed E-state index contributed by atoms with van der Waals surface area (Å²) < 4.78 is 41.8. The van der Waals surface area contributed by atoms with E-state index in [1.165, 1.54) is 11.1 Å². The minimum atomic E-state index is -4.05. The van der Waals surface area contributed by atoms with Crippen molar-refractivity contribution in [3.8, 4) is 5.75 Å². The number of benzene rings is 2. The lowest BCUT2D eigenvalue weighted by Crippen LogP contribution is -2.63. The first kappa shape index (κ1) is 34.3. The number of carbonyl (C=O) groups is 2. The fraction of sp³-hybridized carbons (Fsp3) is 0.568. The fourth-order valence-electron chi connectivity index (χ4n) is 8.61. The van der Waals surface area contributed by atoms with Gasteiger partial charge in [0.2, 0.25) is 10.0 Å². The summed E-state index contributed by atoms with van der Waals surface area (Å²) in [6.07, 6.45) is 7.05. The van der Waals surface area contributed by atoms with Gasteiger partial charge in [-0.15, -0.1) is 0 Å². The lowest BCUT2D eigenvalue weighted by molar-refractivity contribution is -0.185. The summed E-state index contributed by atoms with van der Waals surface area (Å²) >= 11 is 6.44. The third-order valence-corrected chi connectivity index (χ3v) is 14.1. The van der Waals surface area contributed by atoms with Crippen molar-refractivity contribution in [2.24, 2.45) is 17.8 Å². The molecular weight excluding hydrogens is 666 g/mol. The SMILES string of the molecule is C[C@@H]1[C@@H](C)C/C=C/[C@](O)([C@@H]2OCCN(C)C2=O)[C@@H]2CC[C@H]2CN2C[C@@]3(CCCc4cc(Cl)ccc43)COc3ccc(cc32)C(=O)NS1(=O)=O. The van der Waals surface area contributed by atoms with Gasteiger partial charge in [0, 0.05) is 42.7 Å². The van der Waals surface area contributed by atoms with Gasteiger partial charge < -0.3 is 24.4 Å². The molecule has 3 aliphatic heterocycles. The van der Waals surface area contributed by atoms with Crippen molar-refractivity contribution < 1.29 is 32.6 Å². The Hall–Kier alpha value is -3.12. The van der Waals surface area contributed by atoms with E-state index in [1.807, 2.05) is 12.1 Å². The van der Waals surface area contributed by atoms with Gasteiger partial charge in [-0.25, -0.2) is 13.1 Å². The first-order valence-corrected chi connectivity index (χ1v) is 19.4. The van der Waals surface area contributed by atoms with Crippen LogP contribution in [-0.2, 0) is 31.4 Å². The van der Waals surface area contributed by atoms with Gasteiger partial charge in [0.15, 0.2) is 6.10 Å². The highest BCUT2D eigenvalue weighted by molar-refractivity contribution is 7.90. The molecule has 1 saturated carbocycles. The number of nitrogens with zero attached hydrogens (tertiary/aromatic N) is 2. The second-order valence-electron chi connectivity index (χ2n) is 14.9. The van der Waals surface area contributed by atoms with Crippen LogP contribution in [0, 0.1) is 17.8 Å². The van der Waals surface area contributed by atoms with E-state index in [2.05, 4.69) is 15.7 Å². The smallest absolute Gasteiger partial charge is 0.264 e. The zero-order valence-corrected chi connectivity index (χ0v) is 29.9. The molecule has 2 aliphatic carbocycles. The van der Waals surface area contributed by atoms with Gasteiger partial charge >= 0.3 is 0 Å². The highest BCUT2D eigenvalue weighted by Crippen LogP contribution is 2.49. The standard InChI is InChI=1S/C37H46ClN3O7S/c1-23-6-4-15-37(44,33-35(43)40(3)16-17-47-33)30-11-8-27(30)20-41-21-36(14-5-7-25-18-28(38)10-12-29(25)36)22-48-32-13-9-26(19-31(32)41)34(42)39-49(45,46)24(23)2/h4,9-10,12-13,15,18-19,23-24,27,30,33,44H,5-8,11,14,16-17,20-22H2,1-3H3,(H,39,42)/b15-4+/t23-,24+,27-,30+,33+,36-,37+/m0/s1. The summed E-state index contributed by atoms with van der Waals surface area (Å²) in [5.41, 5.74) is 1.36. The first-order chi connectivity index (χ1) is 23.3. The van der Waals surface area contributed by atoms with E-state index in [4.69, 9.17) is 21.1 Å². The van der Waals surface area contributed by atoms with Crippen molar-refractivity contribution in [3.63, 3.8) is 0 Å². The van der Waals surface area contributed by atoms with Crippen LogP contribution in [0.3, 0.4) is 0 Å². The molecule has 1 spiro atoms. The number of aliphatic hydroxyl groups is 1. The number of ether oxygens (including phenoxy) is 2. The maximum Gasteiger partial charge on any atom is 0.264 e. The minimum absolute atomic E-state index is 0.00308. The number of fused-ring (bicyclic) bond motifs is 4. The Bertz CT molecular complexity index is 1780. The van der Waals surface area contributed by atoms with Crippen LogP contribution in [0.5, 0.6) is 5.75 Å². The van der Waals surface area contributed by atoms with Gasteiger partial charge in [0.25, 0.3) is 11.8 Å². The lowest BCUT2D eigenvalue weighted by atomic mass is 9.62. The number of amides is 2. The first-order valence-electron chi connectivity index (χ1n) is 17.4. The van der Waals surface area contributed by atoms with Crippen molar-refractivity contribution in [2.45, 2.75) is 74.7 Å². The molecule has 2 fully saturated rings. The number of anilines is 1. The van der Waals surface area contributed by atoms with Crippen LogP contribution in [0.25, 0.3) is 0 Å². The molecule has 2 N–H and O–H groups in total. The quantitative estimate of drug-likeness (QED) is 0.416. The molecule has 2 aromatic rings. The molecule has 2 aromatic carbocycles. The molecule has 49 heavy (non-hydrogen) atoms. The van der Waals surface area contributed by atoms with Gasteiger partial charge in [0.05, 0.1) is 24.2 Å². The number of morpholine rings is 1. The second-order valence-corrected chi connectivity index (χ2v) is 17.4. The molecule has 1 saturated heterocycles. The third-order valence-electron chi connectivity index (χ3n) is 11.9. The third kappa shape index (κ3) is 6.15. The summed E-state index contributed by atoms with van der Waals surface area (Å²) in [7, 11) is -2.32. The summed E-state index contributed by atoms with van der Waals surface area (Å²) in [6.45, 7) is 5.70. The number of aryl methyl sites for hydroxylation is 1. The summed E-state index contributed by atoms with van der Waals surface area (Å²) in [5.74, 6) is -1.02. The number of hydrogen-bond donors (Lipinski definition) is 2. The molecule has 264 valence electrons. The number of halogens is 1. The van der Waals surface area contributed by atoms with E-state index in [0.29, 0.717) is 62.1 Å². The van der Waals surface area contributed by atoms with Crippen LogP contribution >= 0.6 is 11.6 Å². The Balaban J connectivity index is 1.34. The molecular formula is C37H46ClN3O7S. The Morgan fingerprint density at radius 3 is 2.69 bits per heavy atom. The average molecular weight is 712 g/mol. The van der Waals surface area contributed by atoms with Crippen molar-refractivity contribution >= 4 is 39.1 Å². The van der Waals surface area contributed by atoms with E-state index in [1.54, 1.807) is 56.1 Å². The topological polar surface area (TPSA) is 125 Å². The Labute approximate surface area is 293 Å². The van der Waals surface area contributed by atoms with Crippen molar-refractivity contribution in [3.05, 3.63) is 70.3 Å². The summed E-state index contributed by atoms with van der Waals surface area (Å²) in [6, 6.07) is 11.2. The van der Waals surface area contributed by atoms with Crippen molar-refractivity contribution in [1.82, 2.24) is 9.62 Å². The number of likely N-dealkylation sites (N-methyl/N-ethyl adjacent to an activating group) is 1. The Kier molecular flexibility index (Phi) is 9.03. The highest BCUT2D eigenvalue weighted by atomic mass is 35.5. The zero-order valence-electron chi connectivity index (χ0n) is 28.4. The number of carbonyl (C=O) groups excluding carboxylic acids is 2. The number of hydrogen-bond acceptors (Lipinski definition) is 8. The van der Waals surface area contributed by atoms with Crippen LogP contribution in [0.2, 0.25) is 5.02 Å². The minimum Gasteiger partial charge on any atom is -0.490 e. The molecule has 7 atom stereocenters. The van der Waals surface area contributed by atoms with Crippen LogP contribution in [0.15, 0.2) is 48.6 Å². The molecule has 0 unspecified atom stereocenters. The van der Waals surface area contributed by atoms with E-state index in [9.17, 15) is 23.1 Å². The molecule has 2 bridgehead atoms. The number of sulfonamides is 1. The van der Waals surface area contributed by atoms with Crippen LogP contribution < -0.4 is 14.4 Å². The van der Waals surface area contributed by atoms with Gasteiger partial charge in [-0.05, 0) is 105 Å². The largest absolute Gasteiger partial charge is 0.490 e. The van der Waals surface area contributed by atoms with Crippen LogP contribution in [-0.4, -0.2) is 87.1 Å². The van der Waals surface area contributed by atoms with Crippen LogP contribution in [0.1, 0.15) is 67.4 Å². The Morgan fingerprint density at radius 1 is 1.10 bits per heavy atom. The van der Waals surface area contributed by atoms with Gasteiger partial charge in [-0.3, -0.25) is 9.59 Å². The fourth-order valence-corrected chi connectivity index (χ4v) is 10.1. The van der Waals surface area contributed by atoms with E-state index < -0.39 is 32.9 Å². The summed E-state index contributed by atoms with van der Waals surface area (Å²) in [5, 5.41) is 12.4. The number of nitrogens with one attached hydrogen (secondary N) is 1. The second kappa shape index (κ2) is 12.9. The highest BCUT2D eigenvalue weighted by Gasteiger charge is 2.55. The molecule has 5 aliphatic rings. The summed E-state index contributed by atoms with van der Waals surface area (Å²) in [4.78, 5) is 30.9. The predicted octanol–water partition coefficient (Wildman–Crippen LogP) is 4.47. The molecule has 0 aromatic heterocycles. The maximum absolute atomic E-state index is 13.5. The molecule has 2 amide bonds. The van der Waals surface area contributed by atoms with Gasteiger partial charge in [-0.2, -0.15) is 0 Å². The normalized spacial score (nSPS) is 35.2. The lowest BCUT2D eigenvalue weighted by Gasteiger charge is -2.51. The average Bonchev–Trinajstić information content (AvgIpc) is 3.20. The molecule has 3 heterocycles. The zero-order chi connectivity index (χ0) is 34.7. The van der Waals surface area contributed by atoms with E-state index in [-0.39, 0.29) is 34.6 Å². The molecule has 7 rings (SSSR count). The predicted molar refractivity (Wildman–Crippen MR) is 188 cm³/mol. The Morgan fingerprint density at radius 2 is 1.92 bits per heavy atom. The van der Waals surface area contributed by atoms with E-state index >= 15 is 0 Å². The van der Waals surface area contributed by atoms with Gasteiger partial charge in [0.1, 0.15) is 11.4 Å². The monoisotopic (exact) mass is 711 g/mol. The van der Waals surface area contributed by atoms with Crippen LogP contribution in [0.4, 0.5) is 5.69 Å². The van der Waals surface area contributed by atoms with E-state index in [0.717, 1.165) is 25.7 Å². The van der Waals surface area contributed by atoms with Gasteiger partial charge in [-0.1, -0.05) is 36.7 Å². The molecule has 10 nitrogen and oxygen atoms in total. The van der Waals surface area contributed by atoms with Crippen molar-refractivity contribution in [1.29, 1.82) is 0 Å². The number of rotatable bonds is 1. The molecule has 0 radical (unpaired) electrons. The maximum atomic E-state index is 13.5.